The van der Waals surface area contributed by atoms with Gasteiger partial charge in [0, 0.05) is 13.1 Å². The number of nitrogens with one attached hydrogen (secondary N) is 2. The highest BCUT2D eigenvalue weighted by atomic mass is 15.3. The van der Waals surface area contributed by atoms with Gasteiger partial charge in [0.05, 0.1) is 0 Å². The van der Waals surface area contributed by atoms with Crippen LogP contribution in [0.1, 0.15) is 40.5 Å². The summed E-state index contributed by atoms with van der Waals surface area (Å²) in [6, 6.07) is 0. The zero-order chi connectivity index (χ0) is 11.0. The van der Waals surface area contributed by atoms with E-state index in [1.807, 2.05) is 0 Å². The number of nitrogens with zero attached hydrogens (tertiary/aromatic N) is 1. The Hall–Kier alpha value is -0.770. The molecule has 0 heterocycles. The first-order valence-electron chi connectivity index (χ1n) is 5.24. The normalized spacial score (nSPS) is 12.8. The third-order valence-electron chi connectivity index (χ3n) is 1.80. The molecule has 0 fully saturated rings. The molecule has 0 amide bonds. The average Bonchev–Trinajstić information content (AvgIpc) is 2.09. The minimum Gasteiger partial charge on any atom is -0.355 e. The number of nitrogens with two attached hydrogens (primary N) is 1. The predicted octanol–water partition coefficient (Wildman–Crippen LogP) is 1.24. The molecule has 0 aliphatic carbocycles. The summed E-state index contributed by atoms with van der Waals surface area (Å²) >= 11 is 0. The van der Waals surface area contributed by atoms with E-state index < -0.39 is 0 Å². The molecule has 4 N–H and O–H groups in total. The van der Waals surface area contributed by atoms with Gasteiger partial charge in [0.25, 0.3) is 0 Å². The van der Waals surface area contributed by atoms with Gasteiger partial charge in [0.15, 0.2) is 0 Å². The Bertz CT molecular complexity index is 169. The first-order valence-corrected chi connectivity index (χ1v) is 5.24. The fraction of sp³-hybridized carbons (Fsp3) is 0.900. The number of hydrazine groups is 1. The molecule has 0 unspecified atom stereocenters. The lowest BCUT2D eigenvalue weighted by molar-refractivity contribution is 0.377. The molecule has 0 aromatic rings. The van der Waals surface area contributed by atoms with Crippen LogP contribution in [-0.4, -0.2) is 19.0 Å². The summed E-state index contributed by atoms with van der Waals surface area (Å²) in [7, 11) is 0. The Morgan fingerprint density at radius 3 is 2.43 bits per heavy atom. The molecule has 0 saturated heterocycles. The van der Waals surface area contributed by atoms with Crippen molar-refractivity contribution >= 4 is 5.96 Å². The number of guanidine groups is 1. The fourth-order valence-corrected chi connectivity index (χ4v) is 0.932. The van der Waals surface area contributed by atoms with Gasteiger partial charge in [-0.2, -0.15) is 0 Å². The molecular weight excluding hydrogens is 176 g/mol. The van der Waals surface area contributed by atoms with Crippen molar-refractivity contribution in [1.82, 2.24) is 10.7 Å². The smallest absolute Gasteiger partial charge is 0.205 e. The summed E-state index contributed by atoms with van der Waals surface area (Å²) < 4.78 is 0. The summed E-state index contributed by atoms with van der Waals surface area (Å²) in [5, 5.41) is 3.17. The van der Waals surface area contributed by atoms with Crippen LogP contribution in [0.3, 0.4) is 0 Å². The van der Waals surface area contributed by atoms with Crippen molar-refractivity contribution in [2.45, 2.75) is 40.5 Å². The largest absolute Gasteiger partial charge is 0.355 e. The lowest BCUT2D eigenvalue weighted by Gasteiger charge is -2.18. The highest BCUT2D eigenvalue weighted by Gasteiger charge is 2.09. The van der Waals surface area contributed by atoms with E-state index in [2.05, 4.69) is 43.4 Å². The molecule has 84 valence electrons. The van der Waals surface area contributed by atoms with Crippen LogP contribution in [0, 0.1) is 5.41 Å². The minimum atomic E-state index is 0.345. The molecule has 0 aliphatic heterocycles. The maximum absolute atomic E-state index is 5.32. The third-order valence-corrected chi connectivity index (χ3v) is 1.80. The molecule has 0 saturated carbocycles. The van der Waals surface area contributed by atoms with Crippen LogP contribution >= 0.6 is 0 Å². The van der Waals surface area contributed by atoms with Crippen molar-refractivity contribution in [3.05, 3.63) is 0 Å². The van der Waals surface area contributed by atoms with Crippen LogP contribution in [0.4, 0.5) is 0 Å². The van der Waals surface area contributed by atoms with E-state index in [1.54, 1.807) is 0 Å². The predicted molar refractivity (Wildman–Crippen MR) is 62.0 cm³/mol. The number of rotatable bonds is 4. The van der Waals surface area contributed by atoms with Crippen molar-refractivity contribution in [3.63, 3.8) is 0 Å². The van der Waals surface area contributed by atoms with Gasteiger partial charge >= 0.3 is 0 Å². The van der Waals surface area contributed by atoms with Crippen LogP contribution in [0.5, 0.6) is 0 Å². The third kappa shape index (κ3) is 7.86. The van der Waals surface area contributed by atoms with Crippen molar-refractivity contribution in [3.8, 4) is 0 Å². The van der Waals surface area contributed by atoms with Gasteiger partial charge < -0.3 is 5.32 Å². The van der Waals surface area contributed by atoms with Crippen LogP contribution in [0.15, 0.2) is 4.99 Å². The van der Waals surface area contributed by atoms with E-state index in [0.717, 1.165) is 25.9 Å². The lowest BCUT2D eigenvalue weighted by atomic mass is 9.92. The zero-order valence-electron chi connectivity index (χ0n) is 9.85. The highest BCUT2D eigenvalue weighted by Crippen LogP contribution is 2.16. The molecule has 0 aromatic carbocycles. The van der Waals surface area contributed by atoms with Crippen molar-refractivity contribution in [2.24, 2.45) is 16.3 Å². The van der Waals surface area contributed by atoms with E-state index in [4.69, 9.17) is 5.84 Å². The molecule has 14 heavy (non-hydrogen) atoms. The van der Waals surface area contributed by atoms with Crippen LogP contribution in [0.2, 0.25) is 0 Å². The Morgan fingerprint density at radius 2 is 2.00 bits per heavy atom. The molecule has 0 aromatic heterocycles. The lowest BCUT2D eigenvalue weighted by Crippen LogP contribution is -2.42. The van der Waals surface area contributed by atoms with E-state index in [9.17, 15) is 0 Å². The number of aliphatic imine (C=N–C) groups is 1. The fourth-order valence-electron chi connectivity index (χ4n) is 0.932. The summed E-state index contributed by atoms with van der Waals surface area (Å²) in [6.45, 7) is 10.4. The Morgan fingerprint density at radius 1 is 1.36 bits per heavy atom. The van der Waals surface area contributed by atoms with Gasteiger partial charge in [-0.25, -0.2) is 5.84 Å². The summed E-state index contributed by atoms with van der Waals surface area (Å²) in [5.41, 5.74) is 2.91. The van der Waals surface area contributed by atoms with Crippen LogP contribution in [0.25, 0.3) is 0 Å². The summed E-state index contributed by atoms with van der Waals surface area (Å²) in [5.74, 6) is 6.01. The minimum absolute atomic E-state index is 0.345. The average molecular weight is 200 g/mol. The molecule has 4 heteroatoms. The molecule has 0 radical (unpaired) electrons. The maximum atomic E-state index is 5.32. The summed E-state index contributed by atoms with van der Waals surface area (Å²) in [6.07, 6.45) is 2.13. The zero-order valence-corrected chi connectivity index (χ0v) is 9.85. The molecule has 0 bridgehead atoms. The van der Waals surface area contributed by atoms with E-state index in [1.165, 1.54) is 0 Å². The SMILES string of the molecule is CCCN=C(NN)NCCC(C)(C)C. The summed E-state index contributed by atoms with van der Waals surface area (Å²) in [4.78, 5) is 4.25. The van der Waals surface area contributed by atoms with Crippen molar-refractivity contribution in [1.29, 1.82) is 0 Å². The first-order chi connectivity index (χ1) is 6.49. The Balaban J connectivity index is 3.73. The van der Waals surface area contributed by atoms with E-state index in [-0.39, 0.29) is 0 Å². The topological polar surface area (TPSA) is 62.4 Å². The number of hydrogen-bond acceptors (Lipinski definition) is 2. The Labute approximate surface area is 87.3 Å². The number of hydrogen-bond donors (Lipinski definition) is 3. The van der Waals surface area contributed by atoms with E-state index >= 15 is 0 Å². The molecule has 0 aliphatic rings. The standard InChI is InChI=1S/C10H24N4/c1-5-7-12-9(14-11)13-8-6-10(2,3)4/h5-8,11H2,1-4H3,(H2,12,13,14). The van der Waals surface area contributed by atoms with Gasteiger partial charge in [0.1, 0.15) is 0 Å². The molecule has 0 spiro atoms. The second-order valence-electron chi connectivity index (χ2n) is 4.61. The first kappa shape index (κ1) is 13.2. The molecule has 0 rings (SSSR count). The quantitative estimate of drug-likeness (QED) is 0.277. The van der Waals surface area contributed by atoms with Crippen molar-refractivity contribution < 1.29 is 0 Å². The van der Waals surface area contributed by atoms with Crippen molar-refractivity contribution in [2.75, 3.05) is 13.1 Å². The molecule has 4 nitrogen and oxygen atoms in total. The second-order valence-corrected chi connectivity index (χ2v) is 4.61. The molecule has 0 atom stereocenters. The second kappa shape index (κ2) is 6.65. The Kier molecular flexibility index (Phi) is 6.28. The van der Waals surface area contributed by atoms with Crippen LogP contribution < -0.4 is 16.6 Å². The maximum Gasteiger partial charge on any atom is 0.205 e. The van der Waals surface area contributed by atoms with Crippen LogP contribution in [-0.2, 0) is 0 Å². The molecular formula is C10H24N4. The van der Waals surface area contributed by atoms with Gasteiger partial charge in [-0.1, -0.05) is 27.7 Å². The van der Waals surface area contributed by atoms with Gasteiger partial charge in [-0.15, -0.1) is 0 Å². The van der Waals surface area contributed by atoms with E-state index in [0.29, 0.717) is 11.4 Å². The monoisotopic (exact) mass is 200 g/mol. The van der Waals surface area contributed by atoms with Gasteiger partial charge in [-0.05, 0) is 18.3 Å². The van der Waals surface area contributed by atoms with Gasteiger partial charge in [0.2, 0.25) is 5.96 Å². The highest BCUT2D eigenvalue weighted by molar-refractivity contribution is 5.79. The van der Waals surface area contributed by atoms with Gasteiger partial charge in [-0.3, -0.25) is 10.4 Å².